The van der Waals surface area contributed by atoms with Gasteiger partial charge in [-0.15, -0.1) is 11.3 Å². The number of aryl methyl sites for hydroxylation is 2. The van der Waals surface area contributed by atoms with Crippen molar-refractivity contribution < 1.29 is 0 Å². The Morgan fingerprint density at radius 2 is 2.15 bits per heavy atom. The molecule has 0 saturated heterocycles. The van der Waals surface area contributed by atoms with E-state index in [1.807, 2.05) is 31.2 Å². The van der Waals surface area contributed by atoms with Crippen LogP contribution in [0.5, 0.6) is 0 Å². The van der Waals surface area contributed by atoms with Crippen LogP contribution >= 0.6 is 11.3 Å². The van der Waals surface area contributed by atoms with Crippen LogP contribution in [0, 0.1) is 19.9 Å². The molecule has 0 aliphatic heterocycles. The lowest BCUT2D eigenvalue weighted by Crippen LogP contribution is -1.76. The number of aromatic nitrogens is 1. The highest BCUT2D eigenvalue weighted by atomic mass is 32.1. The van der Waals surface area contributed by atoms with E-state index in [2.05, 4.69) is 18.0 Å². The maximum absolute atomic E-state index is 4.47. The number of hydrogen-bond donors (Lipinski definition) is 0. The number of nitrogens with zero attached hydrogens (tertiary/aromatic N) is 1. The number of rotatable bonds is 1. The van der Waals surface area contributed by atoms with Crippen molar-refractivity contribution in [3.8, 4) is 10.6 Å². The Labute approximate surface area is 82.1 Å². The van der Waals surface area contributed by atoms with Gasteiger partial charge in [0.25, 0.3) is 0 Å². The van der Waals surface area contributed by atoms with Crippen LogP contribution < -0.4 is 0 Å². The molecule has 0 N–H and O–H groups in total. The van der Waals surface area contributed by atoms with Gasteiger partial charge < -0.3 is 0 Å². The van der Waals surface area contributed by atoms with E-state index in [1.54, 1.807) is 11.3 Å². The first-order valence-electron chi connectivity index (χ1n) is 4.18. The smallest absolute Gasteiger partial charge is 0.124 e. The first-order valence-corrected chi connectivity index (χ1v) is 5.00. The molecule has 0 saturated carbocycles. The van der Waals surface area contributed by atoms with E-state index in [1.165, 1.54) is 4.88 Å². The van der Waals surface area contributed by atoms with Crippen LogP contribution in [0.3, 0.4) is 0 Å². The van der Waals surface area contributed by atoms with Crippen molar-refractivity contribution >= 4 is 11.3 Å². The molecular weight excluding hydrogens is 178 g/mol. The molecule has 1 aromatic heterocycles. The monoisotopic (exact) mass is 188 g/mol. The Balaban J connectivity index is 2.48. The third kappa shape index (κ3) is 1.63. The zero-order valence-corrected chi connectivity index (χ0v) is 8.48. The first-order chi connectivity index (χ1) is 6.27. The normalized spacial score (nSPS) is 10.3. The Morgan fingerprint density at radius 1 is 1.31 bits per heavy atom. The molecule has 0 aliphatic rings. The van der Waals surface area contributed by atoms with Gasteiger partial charge in [-0.2, -0.15) is 0 Å². The van der Waals surface area contributed by atoms with E-state index in [-0.39, 0.29) is 0 Å². The summed E-state index contributed by atoms with van der Waals surface area (Å²) in [5.74, 6) is 0. The molecule has 1 heterocycles. The third-order valence-corrected chi connectivity index (χ3v) is 3.07. The zero-order valence-electron chi connectivity index (χ0n) is 7.66. The quantitative estimate of drug-likeness (QED) is 0.669. The summed E-state index contributed by atoms with van der Waals surface area (Å²) in [4.78, 5) is 5.75. The summed E-state index contributed by atoms with van der Waals surface area (Å²) >= 11 is 1.73. The molecule has 2 heteroatoms. The lowest BCUT2D eigenvalue weighted by atomic mass is 10.2. The number of benzene rings is 1. The molecule has 0 bridgehead atoms. The predicted octanol–water partition coefficient (Wildman–Crippen LogP) is 3.23. The molecule has 0 amide bonds. The Bertz CT molecular complexity index is 384. The van der Waals surface area contributed by atoms with Crippen LogP contribution in [0.1, 0.15) is 10.6 Å². The van der Waals surface area contributed by atoms with Gasteiger partial charge in [0.05, 0.1) is 5.69 Å². The Hall–Kier alpha value is -1.15. The van der Waals surface area contributed by atoms with E-state index < -0.39 is 0 Å². The summed E-state index contributed by atoms with van der Waals surface area (Å²) in [6, 6.07) is 11.1. The minimum Gasteiger partial charge on any atom is -0.241 e. The third-order valence-electron chi connectivity index (χ3n) is 1.97. The van der Waals surface area contributed by atoms with Crippen molar-refractivity contribution in [1.29, 1.82) is 0 Å². The summed E-state index contributed by atoms with van der Waals surface area (Å²) in [5.41, 5.74) is 2.21. The van der Waals surface area contributed by atoms with Gasteiger partial charge in [0.15, 0.2) is 0 Å². The minimum absolute atomic E-state index is 1.07. The molecule has 13 heavy (non-hydrogen) atoms. The molecule has 1 radical (unpaired) electrons. The average molecular weight is 188 g/mol. The summed E-state index contributed by atoms with van der Waals surface area (Å²) in [7, 11) is 0. The van der Waals surface area contributed by atoms with Crippen molar-refractivity contribution in [2.24, 2.45) is 0 Å². The summed E-state index contributed by atoms with van der Waals surface area (Å²) in [5, 5.41) is 1.07. The summed E-state index contributed by atoms with van der Waals surface area (Å²) in [6.07, 6.45) is 0. The zero-order chi connectivity index (χ0) is 9.26. The molecule has 0 atom stereocenters. The van der Waals surface area contributed by atoms with Crippen LogP contribution in [0.15, 0.2) is 24.3 Å². The van der Waals surface area contributed by atoms with Crippen molar-refractivity contribution in [2.45, 2.75) is 13.8 Å². The standard InChI is InChI=1S/C11H10NS/c1-8-9(2)13-11(12-8)10-6-4-3-5-7-10/h3-6H,1-2H3. The van der Waals surface area contributed by atoms with Crippen molar-refractivity contribution in [1.82, 2.24) is 4.98 Å². The van der Waals surface area contributed by atoms with Crippen molar-refractivity contribution in [3.05, 3.63) is 40.9 Å². The first kappa shape index (κ1) is 8.45. The lowest BCUT2D eigenvalue weighted by Gasteiger charge is -1.91. The molecule has 0 spiro atoms. The second kappa shape index (κ2) is 3.30. The second-order valence-corrected chi connectivity index (χ2v) is 4.14. The Morgan fingerprint density at radius 3 is 2.69 bits per heavy atom. The highest BCUT2D eigenvalue weighted by Crippen LogP contribution is 2.26. The van der Waals surface area contributed by atoms with E-state index in [0.717, 1.165) is 16.3 Å². The number of hydrogen-bond acceptors (Lipinski definition) is 2. The fraction of sp³-hybridized carbons (Fsp3) is 0.182. The van der Waals surface area contributed by atoms with Gasteiger partial charge in [0, 0.05) is 10.4 Å². The molecule has 0 unspecified atom stereocenters. The van der Waals surface area contributed by atoms with Crippen LogP contribution in [-0.4, -0.2) is 4.98 Å². The SMILES string of the molecule is Cc1nc(-c2[c]cccc2)sc1C. The molecule has 0 aliphatic carbocycles. The van der Waals surface area contributed by atoms with Gasteiger partial charge >= 0.3 is 0 Å². The van der Waals surface area contributed by atoms with E-state index >= 15 is 0 Å². The average Bonchev–Trinajstić information content (AvgIpc) is 2.49. The fourth-order valence-electron chi connectivity index (χ4n) is 1.11. The van der Waals surface area contributed by atoms with Gasteiger partial charge in [0.1, 0.15) is 5.01 Å². The maximum atomic E-state index is 4.47. The second-order valence-electron chi connectivity index (χ2n) is 2.94. The number of thiazole rings is 1. The molecule has 65 valence electrons. The van der Waals surface area contributed by atoms with Crippen LogP contribution in [0.2, 0.25) is 0 Å². The summed E-state index contributed by atoms with van der Waals surface area (Å²) < 4.78 is 0. The molecule has 2 rings (SSSR count). The van der Waals surface area contributed by atoms with Crippen molar-refractivity contribution in [3.63, 3.8) is 0 Å². The van der Waals surface area contributed by atoms with Gasteiger partial charge in [-0.1, -0.05) is 24.3 Å². The fourth-order valence-corrected chi connectivity index (χ4v) is 2.02. The highest BCUT2D eigenvalue weighted by molar-refractivity contribution is 7.15. The van der Waals surface area contributed by atoms with E-state index in [0.29, 0.717) is 0 Å². The minimum atomic E-state index is 1.07. The van der Waals surface area contributed by atoms with Crippen molar-refractivity contribution in [2.75, 3.05) is 0 Å². The predicted molar refractivity (Wildman–Crippen MR) is 55.9 cm³/mol. The highest BCUT2D eigenvalue weighted by Gasteiger charge is 2.04. The lowest BCUT2D eigenvalue weighted by molar-refractivity contribution is 1.23. The summed E-state index contributed by atoms with van der Waals surface area (Å²) in [6.45, 7) is 4.14. The van der Waals surface area contributed by atoms with Crippen LogP contribution in [-0.2, 0) is 0 Å². The van der Waals surface area contributed by atoms with Gasteiger partial charge in [0.2, 0.25) is 0 Å². The Kier molecular flexibility index (Phi) is 2.15. The van der Waals surface area contributed by atoms with Crippen LogP contribution in [0.25, 0.3) is 10.6 Å². The topological polar surface area (TPSA) is 12.9 Å². The van der Waals surface area contributed by atoms with Gasteiger partial charge in [-0.25, -0.2) is 4.98 Å². The molecular formula is C11H10NS. The van der Waals surface area contributed by atoms with E-state index in [4.69, 9.17) is 0 Å². The largest absolute Gasteiger partial charge is 0.241 e. The molecule has 2 aromatic rings. The molecule has 1 nitrogen and oxygen atoms in total. The maximum Gasteiger partial charge on any atom is 0.124 e. The molecule has 0 fully saturated rings. The van der Waals surface area contributed by atoms with E-state index in [9.17, 15) is 0 Å². The van der Waals surface area contributed by atoms with Gasteiger partial charge in [-0.3, -0.25) is 0 Å². The van der Waals surface area contributed by atoms with Crippen LogP contribution in [0.4, 0.5) is 0 Å². The van der Waals surface area contributed by atoms with Gasteiger partial charge in [-0.05, 0) is 19.9 Å². The molecule has 1 aromatic carbocycles.